The molecule has 0 aliphatic carbocycles. The molecule has 0 fully saturated rings. The first-order valence-electron chi connectivity index (χ1n) is 3.54. The van der Waals surface area contributed by atoms with E-state index in [0.29, 0.717) is 10.5 Å². The lowest BCUT2D eigenvalue weighted by Gasteiger charge is -2.11. The van der Waals surface area contributed by atoms with Crippen LogP contribution in [-0.4, -0.2) is 16.8 Å². The first-order valence-corrected chi connectivity index (χ1v) is 3.98. The van der Waals surface area contributed by atoms with E-state index in [1.807, 2.05) is 0 Å². The maximum absolute atomic E-state index is 9.43. The van der Waals surface area contributed by atoms with Crippen molar-refractivity contribution >= 4 is 12.6 Å². The van der Waals surface area contributed by atoms with Crippen LogP contribution in [0.3, 0.4) is 0 Å². The maximum atomic E-state index is 9.43. The van der Waals surface area contributed by atoms with Crippen molar-refractivity contribution in [3.63, 3.8) is 0 Å². The molecule has 0 bridgehead atoms. The quantitative estimate of drug-likeness (QED) is 0.512. The van der Waals surface area contributed by atoms with E-state index in [0.717, 1.165) is 0 Å². The van der Waals surface area contributed by atoms with Crippen LogP contribution in [0.1, 0.15) is 11.6 Å². The smallest absolute Gasteiger partial charge is 0.133 e. The zero-order valence-electron chi connectivity index (χ0n) is 6.44. The highest BCUT2D eigenvalue weighted by molar-refractivity contribution is 7.80. The SMILES string of the molecule is N[C@@H](CO)c1cccc(S)c1O. The van der Waals surface area contributed by atoms with Crippen molar-refractivity contribution < 1.29 is 10.2 Å². The monoisotopic (exact) mass is 185 g/mol. The molecule has 0 aliphatic heterocycles. The third kappa shape index (κ3) is 1.72. The third-order valence-electron chi connectivity index (χ3n) is 1.64. The molecule has 0 radical (unpaired) electrons. The van der Waals surface area contributed by atoms with Gasteiger partial charge >= 0.3 is 0 Å². The second-order valence-corrected chi connectivity index (χ2v) is 2.99. The molecule has 66 valence electrons. The summed E-state index contributed by atoms with van der Waals surface area (Å²) in [6, 6.07) is 4.51. The number of thiol groups is 1. The number of phenolic OH excluding ortho intramolecular Hbond substituents is 1. The Hall–Kier alpha value is -0.710. The molecule has 1 aromatic carbocycles. The van der Waals surface area contributed by atoms with Crippen LogP contribution < -0.4 is 5.73 Å². The van der Waals surface area contributed by atoms with Crippen LogP contribution in [0, 0.1) is 0 Å². The number of nitrogens with two attached hydrogens (primary N) is 1. The van der Waals surface area contributed by atoms with Gasteiger partial charge in [0.25, 0.3) is 0 Å². The first kappa shape index (κ1) is 9.38. The van der Waals surface area contributed by atoms with Gasteiger partial charge in [-0.3, -0.25) is 0 Å². The zero-order chi connectivity index (χ0) is 9.14. The average Bonchev–Trinajstić information content (AvgIpc) is 2.08. The predicted octanol–water partition coefficient (Wildman–Crippen LogP) is 0.673. The van der Waals surface area contributed by atoms with E-state index < -0.39 is 6.04 Å². The molecule has 0 saturated heterocycles. The molecular formula is C8H11NO2S. The number of hydrogen-bond donors (Lipinski definition) is 4. The summed E-state index contributed by atoms with van der Waals surface area (Å²) in [6.07, 6.45) is 0. The molecule has 4 N–H and O–H groups in total. The highest BCUT2D eigenvalue weighted by Gasteiger charge is 2.10. The van der Waals surface area contributed by atoms with Crippen LogP contribution in [0.4, 0.5) is 0 Å². The van der Waals surface area contributed by atoms with Crippen molar-refractivity contribution in [1.82, 2.24) is 0 Å². The Morgan fingerprint density at radius 3 is 2.75 bits per heavy atom. The van der Waals surface area contributed by atoms with Crippen molar-refractivity contribution in [3.05, 3.63) is 23.8 Å². The van der Waals surface area contributed by atoms with Crippen LogP contribution in [-0.2, 0) is 0 Å². The van der Waals surface area contributed by atoms with E-state index in [9.17, 15) is 5.11 Å². The number of aliphatic hydroxyl groups excluding tert-OH is 1. The number of hydrogen-bond acceptors (Lipinski definition) is 4. The van der Waals surface area contributed by atoms with Gasteiger partial charge in [-0.05, 0) is 6.07 Å². The van der Waals surface area contributed by atoms with Gasteiger partial charge in [0.15, 0.2) is 0 Å². The summed E-state index contributed by atoms with van der Waals surface area (Å²) < 4.78 is 0. The molecule has 0 amide bonds. The number of phenols is 1. The van der Waals surface area contributed by atoms with Gasteiger partial charge in [-0.2, -0.15) is 0 Å². The summed E-state index contributed by atoms with van der Waals surface area (Å²) in [5.41, 5.74) is 6.04. The number of benzene rings is 1. The lowest BCUT2D eigenvalue weighted by molar-refractivity contribution is 0.265. The second kappa shape index (κ2) is 3.80. The van der Waals surface area contributed by atoms with E-state index in [-0.39, 0.29) is 12.4 Å². The fraction of sp³-hybridized carbons (Fsp3) is 0.250. The molecule has 0 aliphatic rings. The van der Waals surface area contributed by atoms with Crippen LogP contribution in [0.5, 0.6) is 5.75 Å². The maximum Gasteiger partial charge on any atom is 0.133 e. The molecule has 0 aromatic heterocycles. The Kier molecular flexibility index (Phi) is 2.97. The largest absolute Gasteiger partial charge is 0.506 e. The molecule has 3 nitrogen and oxygen atoms in total. The van der Waals surface area contributed by atoms with Crippen LogP contribution in [0.15, 0.2) is 23.1 Å². The predicted molar refractivity (Wildman–Crippen MR) is 49.4 cm³/mol. The second-order valence-electron chi connectivity index (χ2n) is 2.50. The topological polar surface area (TPSA) is 66.5 Å². The lowest BCUT2D eigenvalue weighted by Crippen LogP contribution is -2.14. The van der Waals surface area contributed by atoms with E-state index in [1.165, 1.54) is 0 Å². The Morgan fingerprint density at radius 1 is 1.50 bits per heavy atom. The summed E-state index contributed by atoms with van der Waals surface area (Å²) >= 11 is 4.01. The van der Waals surface area contributed by atoms with Gasteiger partial charge in [0.05, 0.1) is 12.6 Å². The average molecular weight is 185 g/mol. The highest BCUT2D eigenvalue weighted by Crippen LogP contribution is 2.28. The molecule has 1 aromatic rings. The molecular weight excluding hydrogens is 174 g/mol. The van der Waals surface area contributed by atoms with Gasteiger partial charge in [-0.1, -0.05) is 12.1 Å². The lowest BCUT2D eigenvalue weighted by atomic mass is 10.1. The van der Waals surface area contributed by atoms with E-state index >= 15 is 0 Å². The molecule has 0 heterocycles. The van der Waals surface area contributed by atoms with Gasteiger partial charge in [0.1, 0.15) is 5.75 Å². The van der Waals surface area contributed by atoms with Gasteiger partial charge < -0.3 is 15.9 Å². The molecule has 4 heteroatoms. The van der Waals surface area contributed by atoms with Crippen LogP contribution in [0.2, 0.25) is 0 Å². The zero-order valence-corrected chi connectivity index (χ0v) is 7.33. The van der Waals surface area contributed by atoms with E-state index in [2.05, 4.69) is 12.6 Å². The molecule has 0 unspecified atom stereocenters. The van der Waals surface area contributed by atoms with E-state index in [1.54, 1.807) is 18.2 Å². The number of rotatable bonds is 2. The van der Waals surface area contributed by atoms with Crippen molar-refractivity contribution in [1.29, 1.82) is 0 Å². The molecule has 0 saturated carbocycles. The molecule has 12 heavy (non-hydrogen) atoms. The van der Waals surface area contributed by atoms with Crippen LogP contribution in [0.25, 0.3) is 0 Å². The van der Waals surface area contributed by atoms with Gasteiger partial charge in [0, 0.05) is 10.5 Å². The van der Waals surface area contributed by atoms with Crippen molar-refractivity contribution in [3.8, 4) is 5.75 Å². The minimum Gasteiger partial charge on any atom is -0.506 e. The van der Waals surface area contributed by atoms with Crippen molar-refractivity contribution in [2.75, 3.05) is 6.61 Å². The summed E-state index contributed by atoms with van der Waals surface area (Å²) in [4.78, 5) is 0.469. The highest BCUT2D eigenvalue weighted by atomic mass is 32.1. The summed E-state index contributed by atoms with van der Waals surface area (Å²) in [6.45, 7) is -0.190. The van der Waals surface area contributed by atoms with E-state index in [4.69, 9.17) is 10.8 Å². The Balaban J connectivity index is 3.07. The third-order valence-corrected chi connectivity index (χ3v) is 2.00. The number of para-hydroxylation sites is 1. The molecule has 0 spiro atoms. The fourth-order valence-electron chi connectivity index (χ4n) is 0.946. The molecule has 1 atom stereocenters. The fourth-order valence-corrected chi connectivity index (χ4v) is 1.16. The Bertz CT molecular complexity index is 278. The minimum atomic E-state index is -0.544. The van der Waals surface area contributed by atoms with Gasteiger partial charge in [0.2, 0.25) is 0 Å². The Labute approximate surface area is 76.2 Å². The normalized spacial score (nSPS) is 12.9. The summed E-state index contributed by atoms with van der Waals surface area (Å²) in [5.74, 6) is 0.0439. The summed E-state index contributed by atoms with van der Waals surface area (Å²) in [7, 11) is 0. The van der Waals surface area contributed by atoms with Crippen molar-refractivity contribution in [2.45, 2.75) is 10.9 Å². The molecule has 1 rings (SSSR count). The van der Waals surface area contributed by atoms with Crippen molar-refractivity contribution in [2.24, 2.45) is 5.73 Å². The number of aromatic hydroxyl groups is 1. The summed E-state index contributed by atoms with van der Waals surface area (Å²) in [5, 5.41) is 18.2. The number of aliphatic hydroxyl groups is 1. The Morgan fingerprint density at radius 2 is 2.17 bits per heavy atom. The standard InChI is InChI=1S/C8H11NO2S/c9-6(4-10)5-2-1-3-7(12)8(5)11/h1-3,6,10-12H,4,9H2/t6-/m0/s1. The first-order chi connectivity index (χ1) is 5.66. The minimum absolute atomic E-state index is 0.0439. The van der Waals surface area contributed by atoms with Gasteiger partial charge in [-0.25, -0.2) is 0 Å². The van der Waals surface area contributed by atoms with Crippen LogP contribution >= 0.6 is 12.6 Å². The van der Waals surface area contributed by atoms with Gasteiger partial charge in [-0.15, -0.1) is 12.6 Å².